The molecule has 6 atom stereocenters. The highest BCUT2D eigenvalue weighted by molar-refractivity contribution is 7.52. The second-order valence-electron chi connectivity index (χ2n) is 10.0. The fourth-order valence-corrected chi connectivity index (χ4v) is 5.70. The lowest BCUT2D eigenvalue weighted by Crippen LogP contribution is -2.46. The summed E-state index contributed by atoms with van der Waals surface area (Å²) in [6.07, 6.45) is -3.81. The molecule has 3 heterocycles. The number of rotatable bonds is 12. The maximum atomic E-state index is 16.2. The average Bonchev–Trinajstić information content (AvgIpc) is 3.40. The molecule has 1 saturated heterocycles. The molecule has 230 valence electrons. The van der Waals surface area contributed by atoms with Crippen LogP contribution in [-0.4, -0.2) is 73.6 Å². The molecular weight excluding hydrogens is 581 g/mol. The minimum absolute atomic E-state index is 0.0224. The molecule has 0 amide bonds. The van der Waals surface area contributed by atoms with Crippen molar-refractivity contribution in [1.82, 2.24) is 24.6 Å². The number of aliphatic hydroxyl groups is 1. The fraction of sp³-hybridized carbons (Fsp3) is 0.520. The smallest absolute Gasteiger partial charge is 0.459 e. The highest BCUT2D eigenvalue weighted by Crippen LogP contribution is 2.52. The van der Waals surface area contributed by atoms with Gasteiger partial charge >= 0.3 is 13.7 Å². The van der Waals surface area contributed by atoms with Crippen LogP contribution < -0.4 is 20.1 Å². The van der Waals surface area contributed by atoms with Gasteiger partial charge in [-0.2, -0.15) is 15.1 Å². The molecule has 14 nitrogen and oxygen atoms in total. The molecule has 2 aromatic heterocycles. The Morgan fingerprint density at radius 1 is 1.29 bits per heavy atom. The van der Waals surface area contributed by atoms with Gasteiger partial charge < -0.3 is 29.6 Å². The predicted molar refractivity (Wildman–Crippen MR) is 145 cm³/mol. The zero-order valence-corrected chi connectivity index (χ0v) is 24.5. The van der Waals surface area contributed by atoms with Crippen LogP contribution in [0.4, 0.5) is 14.7 Å². The van der Waals surface area contributed by atoms with Crippen LogP contribution in [0.25, 0.3) is 11.2 Å². The lowest BCUT2D eigenvalue weighted by molar-refractivity contribution is -0.192. The molecule has 3 unspecified atom stereocenters. The number of ether oxygens (including phenoxy) is 3. The van der Waals surface area contributed by atoms with E-state index in [9.17, 15) is 14.5 Å². The number of alkyl halides is 2. The van der Waals surface area contributed by atoms with Gasteiger partial charge in [-0.3, -0.25) is 13.9 Å². The molecule has 1 aromatic carbocycles. The van der Waals surface area contributed by atoms with Crippen molar-refractivity contribution in [2.75, 3.05) is 18.9 Å². The number of imidazole rings is 1. The lowest BCUT2D eigenvalue weighted by atomic mass is 9.97. The van der Waals surface area contributed by atoms with Crippen LogP contribution in [0.15, 0.2) is 36.7 Å². The van der Waals surface area contributed by atoms with Gasteiger partial charge in [0.15, 0.2) is 23.6 Å². The van der Waals surface area contributed by atoms with Crippen molar-refractivity contribution < 1.29 is 46.5 Å². The normalized spacial score (nSPS) is 26.2. The summed E-state index contributed by atoms with van der Waals surface area (Å²) in [5.41, 5.74) is 3.36. The van der Waals surface area contributed by atoms with Crippen LogP contribution in [0.1, 0.15) is 40.8 Å². The Bertz CT molecular complexity index is 1460. The minimum Gasteiger partial charge on any atom is -0.476 e. The van der Waals surface area contributed by atoms with Gasteiger partial charge in [0.25, 0.3) is 5.85 Å². The zero-order valence-electron chi connectivity index (χ0n) is 23.6. The van der Waals surface area contributed by atoms with Crippen LogP contribution in [-0.2, 0) is 23.4 Å². The number of carbonyl (C=O) groups excluding carboxylic acids is 1. The molecule has 4 N–H and O–H groups in total. The summed E-state index contributed by atoms with van der Waals surface area (Å²) in [5, 5.41) is 13.5. The number of nitrogens with two attached hydrogens (primary N) is 1. The van der Waals surface area contributed by atoms with E-state index < -0.39 is 56.3 Å². The highest BCUT2D eigenvalue weighted by Gasteiger charge is 2.65. The van der Waals surface area contributed by atoms with Gasteiger partial charge in [-0.1, -0.05) is 18.2 Å². The summed E-state index contributed by atoms with van der Waals surface area (Å²) >= 11 is 0. The topological polar surface area (TPSA) is 182 Å². The van der Waals surface area contributed by atoms with E-state index >= 15 is 8.78 Å². The number of benzene rings is 1. The van der Waals surface area contributed by atoms with Gasteiger partial charge in [0.05, 0.1) is 19.0 Å². The summed E-state index contributed by atoms with van der Waals surface area (Å²) < 4.78 is 73.3. The lowest BCUT2D eigenvalue weighted by Gasteiger charge is -2.27. The van der Waals surface area contributed by atoms with Crippen LogP contribution in [0.5, 0.6) is 11.6 Å². The molecule has 0 spiro atoms. The number of nitrogens with zero attached hydrogens (tertiary/aromatic N) is 4. The molecular formula is C25H33F2N6O8P. The number of halogens is 2. The maximum Gasteiger partial charge on any atom is 0.459 e. The molecule has 42 heavy (non-hydrogen) atoms. The van der Waals surface area contributed by atoms with Gasteiger partial charge in [-0.05, 0) is 46.8 Å². The maximum absolute atomic E-state index is 16.2. The van der Waals surface area contributed by atoms with Gasteiger partial charge in [0, 0.05) is 0 Å². The predicted octanol–water partition coefficient (Wildman–Crippen LogP) is 3.22. The van der Waals surface area contributed by atoms with E-state index in [4.69, 9.17) is 29.0 Å². The van der Waals surface area contributed by atoms with Crippen molar-refractivity contribution in [1.29, 1.82) is 0 Å². The van der Waals surface area contributed by atoms with Crippen LogP contribution in [0.3, 0.4) is 0 Å². The van der Waals surface area contributed by atoms with Crippen molar-refractivity contribution in [2.45, 2.75) is 70.6 Å². The van der Waals surface area contributed by atoms with Crippen molar-refractivity contribution in [3.63, 3.8) is 0 Å². The van der Waals surface area contributed by atoms with Gasteiger partial charge in [0.1, 0.15) is 24.0 Å². The Kier molecular flexibility index (Phi) is 9.04. The molecule has 3 aromatic rings. The molecule has 4 rings (SSSR count). The Morgan fingerprint density at radius 3 is 2.62 bits per heavy atom. The summed E-state index contributed by atoms with van der Waals surface area (Å²) in [6.45, 7) is 6.19. The van der Waals surface area contributed by atoms with Crippen molar-refractivity contribution in [2.24, 2.45) is 0 Å². The first-order chi connectivity index (χ1) is 19.7. The molecule has 1 aliphatic heterocycles. The largest absolute Gasteiger partial charge is 0.476 e. The zero-order chi connectivity index (χ0) is 30.9. The third kappa shape index (κ3) is 6.47. The van der Waals surface area contributed by atoms with E-state index in [0.717, 1.165) is 17.8 Å². The molecule has 0 saturated carbocycles. The van der Waals surface area contributed by atoms with Crippen molar-refractivity contribution >= 4 is 30.8 Å². The van der Waals surface area contributed by atoms with Gasteiger partial charge in [-0.15, -0.1) is 0 Å². The molecule has 1 aliphatic rings. The number of para-hydroxylation sites is 1. The Hall–Kier alpha value is -3.43. The van der Waals surface area contributed by atoms with E-state index in [-0.39, 0.29) is 35.3 Å². The van der Waals surface area contributed by atoms with Crippen molar-refractivity contribution in [3.05, 3.63) is 36.7 Å². The molecule has 1 fully saturated rings. The van der Waals surface area contributed by atoms with Crippen LogP contribution >= 0.6 is 7.75 Å². The summed E-state index contributed by atoms with van der Waals surface area (Å²) in [7, 11) is -4.59. The first-order valence-corrected chi connectivity index (χ1v) is 14.6. The quantitative estimate of drug-likeness (QED) is 0.200. The first kappa shape index (κ1) is 31.5. The number of nitrogens with one attached hydrogen (secondary N) is 1. The number of fused-ring (bicyclic) bond motifs is 1. The monoisotopic (exact) mass is 614 g/mol. The standard InChI is InChI=1S/C25H33F2N6O8P/c1-6-37-19-17-18(30-23(28)31-19)33(13-29-17)22-24(5,35)21(26)25(27,40-22)12-38-42(36,41-16-10-8-7-9-11-16)32-15(4)20(34)39-14(2)3/h7-11,13-15,21-22,35H,6,12H2,1-5H3,(H,32,36)(H2,28,30,31)/t15?,21-,22?,24+,25+,42?/m0/s1. The third-order valence-electron chi connectivity index (χ3n) is 6.10. The summed E-state index contributed by atoms with van der Waals surface area (Å²) in [4.78, 5) is 24.5. The number of nitrogen functional groups attached to an aromatic ring is 1. The number of hydrogen-bond acceptors (Lipinski definition) is 12. The van der Waals surface area contributed by atoms with Crippen molar-refractivity contribution in [3.8, 4) is 11.6 Å². The number of anilines is 1. The van der Waals surface area contributed by atoms with Gasteiger partial charge in [-0.25, -0.2) is 18.3 Å². The van der Waals surface area contributed by atoms with E-state index in [0.29, 0.717) is 0 Å². The third-order valence-corrected chi connectivity index (χ3v) is 7.72. The van der Waals surface area contributed by atoms with E-state index in [1.54, 1.807) is 39.0 Å². The summed E-state index contributed by atoms with van der Waals surface area (Å²) in [5.74, 6) is -4.29. The SMILES string of the molecule is CCOc1nc(N)nc2c1ncn2C1O[C@](F)(COP(=O)(NC(C)C(=O)OC(C)C)Oc2ccccc2)[C@@H](F)[C@@]1(C)O. The number of esters is 1. The number of hydrogen-bond donors (Lipinski definition) is 3. The average molecular weight is 615 g/mol. The highest BCUT2D eigenvalue weighted by atomic mass is 31.2. The molecule has 0 radical (unpaired) electrons. The fourth-order valence-electron chi connectivity index (χ4n) is 4.19. The Balaban J connectivity index is 1.61. The Labute approximate surface area is 240 Å². The molecule has 0 aliphatic carbocycles. The molecule has 17 heteroatoms. The van der Waals surface area contributed by atoms with E-state index in [2.05, 4.69) is 20.0 Å². The number of carbonyl (C=O) groups is 1. The first-order valence-electron chi connectivity index (χ1n) is 13.0. The number of aromatic nitrogens is 4. The second kappa shape index (κ2) is 12.1. The second-order valence-corrected chi connectivity index (χ2v) is 11.7. The Morgan fingerprint density at radius 2 is 1.98 bits per heavy atom. The van der Waals surface area contributed by atoms with E-state index in [1.807, 2.05) is 0 Å². The van der Waals surface area contributed by atoms with Gasteiger partial charge in [0.2, 0.25) is 11.8 Å². The van der Waals surface area contributed by atoms with Crippen LogP contribution in [0.2, 0.25) is 0 Å². The summed E-state index contributed by atoms with van der Waals surface area (Å²) in [6, 6.07) is 6.48. The van der Waals surface area contributed by atoms with Crippen LogP contribution in [0, 0.1) is 0 Å². The minimum atomic E-state index is -4.59. The molecule has 0 bridgehead atoms. The van der Waals surface area contributed by atoms with E-state index in [1.165, 1.54) is 19.1 Å².